The molecule has 2 atom stereocenters. The molecule has 110 valence electrons. The molecule has 6 heteroatoms. The Kier molecular flexibility index (Phi) is 6.80. The molecule has 1 heterocycles. The quantitative estimate of drug-likeness (QED) is 0.691. The molecule has 0 aromatic carbocycles. The van der Waals surface area contributed by atoms with Gasteiger partial charge in [0, 0.05) is 39.8 Å². The highest BCUT2D eigenvalue weighted by Gasteiger charge is 2.33. The van der Waals surface area contributed by atoms with Crippen LogP contribution in [0.5, 0.6) is 0 Å². The molecule has 1 fully saturated rings. The summed E-state index contributed by atoms with van der Waals surface area (Å²) in [5, 5.41) is 3.12. The summed E-state index contributed by atoms with van der Waals surface area (Å²) in [4.78, 5) is 25.7. The number of piperazine rings is 1. The second kappa shape index (κ2) is 8.12. The summed E-state index contributed by atoms with van der Waals surface area (Å²) < 4.78 is 10.0. The van der Waals surface area contributed by atoms with Crippen molar-refractivity contribution < 1.29 is 19.1 Å². The van der Waals surface area contributed by atoms with Gasteiger partial charge in [0.25, 0.3) is 0 Å². The fraction of sp³-hybridized carbons (Fsp3) is 0.846. The molecule has 0 aromatic rings. The van der Waals surface area contributed by atoms with Crippen LogP contribution in [0.15, 0.2) is 0 Å². The lowest BCUT2D eigenvalue weighted by molar-refractivity contribution is -0.156. The van der Waals surface area contributed by atoms with E-state index in [0.29, 0.717) is 39.3 Å². The molecule has 0 radical (unpaired) electrons. The molecule has 1 aliphatic heterocycles. The van der Waals surface area contributed by atoms with Crippen LogP contribution in [0.1, 0.15) is 20.3 Å². The topological polar surface area (TPSA) is 67.9 Å². The molecule has 1 saturated heterocycles. The smallest absolute Gasteiger partial charge is 0.330 e. The van der Waals surface area contributed by atoms with E-state index >= 15 is 0 Å². The van der Waals surface area contributed by atoms with Crippen molar-refractivity contribution in [2.24, 2.45) is 5.92 Å². The van der Waals surface area contributed by atoms with Crippen molar-refractivity contribution in [3.05, 3.63) is 0 Å². The van der Waals surface area contributed by atoms with Crippen LogP contribution in [0, 0.1) is 5.92 Å². The molecule has 0 bridgehead atoms. The highest BCUT2D eigenvalue weighted by atomic mass is 16.5. The summed E-state index contributed by atoms with van der Waals surface area (Å²) in [5.41, 5.74) is 0. The average molecular weight is 272 g/mol. The zero-order valence-corrected chi connectivity index (χ0v) is 12.0. The summed E-state index contributed by atoms with van der Waals surface area (Å²) in [7, 11) is 1.62. The number of methoxy groups -OCH3 is 1. The van der Waals surface area contributed by atoms with Crippen LogP contribution < -0.4 is 5.32 Å². The van der Waals surface area contributed by atoms with E-state index < -0.39 is 6.04 Å². The molecule has 1 N–H and O–H groups in total. The monoisotopic (exact) mass is 272 g/mol. The van der Waals surface area contributed by atoms with Crippen LogP contribution in [0.4, 0.5) is 0 Å². The Morgan fingerprint density at radius 3 is 2.84 bits per heavy atom. The first-order valence-corrected chi connectivity index (χ1v) is 6.75. The van der Waals surface area contributed by atoms with Gasteiger partial charge in [-0.3, -0.25) is 4.79 Å². The lowest BCUT2D eigenvalue weighted by Gasteiger charge is -2.35. The highest BCUT2D eigenvalue weighted by Crippen LogP contribution is 2.12. The molecule has 1 amide bonds. The SMILES string of the molecule is CCOC(=O)C1CNCCN1C(=O)CC(C)COC. The average Bonchev–Trinajstić information content (AvgIpc) is 2.39. The highest BCUT2D eigenvalue weighted by molar-refractivity contribution is 5.85. The molecule has 19 heavy (non-hydrogen) atoms. The number of rotatable bonds is 6. The summed E-state index contributed by atoms with van der Waals surface area (Å²) >= 11 is 0. The fourth-order valence-electron chi connectivity index (χ4n) is 2.21. The molecule has 0 spiro atoms. The Labute approximate surface area is 114 Å². The van der Waals surface area contributed by atoms with Crippen molar-refractivity contribution in [2.45, 2.75) is 26.3 Å². The van der Waals surface area contributed by atoms with Crippen LogP contribution >= 0.6 is 0 Å². The Hall–Kier alpha value is -1.14. The van der Waals surface area contributed by atoms with E-state index in [1.165, 1.54) is 0 Å². The standard InChI is InChI=1S/C13H24N2O4/c1-4-19-13(17)11-8-14-5-6-15(11)12(16)7-10(2)9-18-3/h10-11,14H,4-9H2,1-3H3. The number of esters is 1. The van der Waals surface area contributed by atoms with Gasteiger partial charge in [0.2, 0.25) is 5.91 Å². The second-order valence-corrected chi connectivity index (χ2v) is 4.82. The summed E-state index contributed by atoms with van der Waals surface area (Å²) in [5.74, 6) is -0.193. The third-order valence-electron chi connectivity index (χ3n) is 3.10. The molecule has 6 nitrogen and oxygen atoms in total. The summed E-state index contributed by atoms with van der Waals surface area (Å²) in [6, 6.07) is -0.504. The van der Waals surface area contributed by atoms with Gasteiger partial charge in [-0.1, -0.05) is 6.92 Å². The zero-order chi connectivity index (χ0) is 14.3. The van der Waals surface area contributed by atoms with Gasteiger partial charge in [0.05, 0.1) is 6.61 Å². The Balaban J connectivity index is 2.60. The van der Waals surface area contributed by atoms with Gasteiger partial charge in [-0.25, -0.2) is 4.79 Å². The molecular weight excluding hydrogens is 248 g/mol. The maximum atomic E-state index is 12.2. The van der Waals surface area contributed by atoms with Gasteiger partial charge in [0.15, 0.2) is 0 Å². The third kappa shape index (κ3) is 4.80. The van der Waals surface area contributed by atoms with Gasteiger partial charge in [-0.15, -0.1) is 0 Å². The first kappa shape index (κ1) is 15.9. The van der Waals surface area contributed by atoms with Gasteiger partial charge >= 0.3 is 5.97 Å². The molecule has 2 unspecified atom stereocenters. The normalized spacial score (nSPS) is 21.0. The van der Waals surface area contributed by atoms with Crippen molar-refractivity contribution in [3.63, 3.8) is 0 Å². The van der Waals surface area contributed by atoms with Crippen LogP contribution in [-0.2, 0) is 19.1 Å². The minimum absolute atomic E-state index is 0.0101. The number of nitrogens with one attached hydrogen (secondary N) is 1. The summed E-state index contributed by atoms with van der Waals surface area (Å²) in [6.07, 6.45) is 0.393. The fourth-order valence-corrected chi connectivity index (χ4v) is 2.21. The number of carbonyl (C=O) groups excluding carboxylic acids is 2. The first-order valence-electron chi connectivity index (χ1n) is 6.75. The molecule has 1 aliphatic rings. The Morgan fingerprint density at radius 2 is 2.21 bits per heavy atom. The lowest BCUT2D eigenvalue weighted by atomic mass is 10.1. The molecular formula is C13H24N2O4. The predicted octanol–water partition coefficient (Wildman–Crippen LogP) is 0.0225. The van der Waals surface area contributed by atoms with E-state index in [1.54, 1.807) is 18.9 Å². The van der Waals surface area contributed by atoms with Crippen LogP contribution in [0.25, 0.3) is 0 Å². The number of carbonyl (C=O) groups is 2. The molecule has 1 rings (SSSR count). The maximum absolute atomic E-state index is 12.2. The predicted molar refractivity (Wildman–Crippen MR) is 70.7 cm³/mol. The number of amides is 1. The number of hydrogen-bond acceptors (Lipinski definition) is 5. The van der Waals surface area contributed by atoms with Crippen LogP contribution in [0.3, 0.4) is 0 Å². The minimum Gasteiger partial charge on any atom is -0.464 e. The second-order valence-electron chi connectivity index (χ2n) is 4.82. The van der Waals surface area contributed by atoms with Crippen LogP contribution in [-0.4, -0.2) is 62.8 Å². The van der Waals surface area contributed by atoms with Crippen molar-refractivity contribution in [1.29, 1.82) is 0 Å². The lowest BCUT2D eigenvalue weighted by Crippen LogP contribution is -2.57. The van der Waals surface area contributed by atoms with E-state index in [-0.39, 0.29) is 17.8 Å². The van der Waals surface area contributed by atoms with Crippen LogP contribution in [0.2, 0.25) is 0 Å². The molecule has 0 saturated carbocycles. The largest absolute Gasteiger partial charge is 0.464 e. The van der Waals surface area contributed by atoms with Gasteiger partial charge in [-0.2, -0.15) is 0 Å². The maximum Gasteiger partial charge on any atom is 0.330 e. The van der Waals surface area contributed by atoms with Gasteiger partial charge in [0.1, 0.15) is 6.04 Å². The number of nitrogens with zero attached hydrogens (tertiary/aromatic N) is 1. The van der Waals surface area contributed by atoms with Gasteiger partial charge < -0.3 is 19.7 Å². The number of hydrogen-bond donors (Lipinski definition) is 1. The first-order chi connectivity index (χ1) is 9.10. The third-order valence-corrected chi connectivity index (χ3v) is 3.10. The minimum atomic E-state index is -0.504. The molecule has 0 aliphatic carbocycles. The van der Waals surface area contributed by atoms with E-state index in [9.17, 15) is 9.59 Å². The molecule has 0 aromatic heterocycles. The number of ether oxygens (including phenoxy) is 2. The zero-order valence-electron chi connectivity index (χ0n) is 12.0. The van der Waals surface area contributed by atoms with Crippen molar-refractivity contribution >= 4 is 11.9 Å². The van der Waals surface area contributed by atoms with E-state index in [2.05, 4.69) is 5.32 Å². The summed E-state index contributed by atoms with van der Waals surface area (Å²) in [6.45, 7) is 6.31. The van der Waals surface area contributed by atoms with E-state index in [4.69, 9.17) is 9.47 Å². The Bertz CT molecular complexity index is 309. The van der Waals surface area contributed by atoms with E-state index in [1.807, 2.05) is 6.92 Å². The Morgan fingerprint density at radius 1 is 1.47 bits per heavy atom. The van der Waals surface area contributed by atoms with Crippen molar-refractivity contribution in [2.75, 3.05) is 40.0 Å². The van der Waals surface area contributed by atoms with Gasteiger partial charge in [-0.05, 0) is 12.8 Å². The van der Waals surface area contributed by atoms with Crippen molar-refractivity contribution in [3.8, 4) is 0 Å². The van der Waals surface area contributed by atoms with Crippen molar-refractivity contribution in [1.82, 2.24) is 10.2 Å². The van der Waals surface area contributed by atoms with E-state index in [0.717, 1.165) is 0 Å².